The Balaban J connectivity index is 0.00000200. The number of ether oxygens (including phenoxy) is 1. The summed E-state index contributed by atoms with van der Waals surface area (Å²) in [5, 5.41) is 12.4. The number of rotatable bonds is 3. The predicted octanol–water partition coefficient (Wildman–Crippen LogP) is -0.908. The van der Waals surface area contributed by atoms with E-state index >= 15 is 0 Å². The van der Waals surface area contributed by atoms with Crippen molar-refractivity contribution < 1.29 is 66.0 Å². The molecule has 3 nitrogen and oxygen atoms in total. The molecular weight excluding hydrogens is 279 g/mol. The second-order valence-corrected chi connectivity index (χ2v) is 3.93. The molecule has 0 fully saturated rings. The molecule has 4 heteroatoms. The Morgan fingerprint density at radius 3 is 1.80 bits per heavy atom. The van der Waals surface area contributed by atoms with Gasteiger partial charge in [0.2, 0.25) is 0 Å². The van der Waals surface area contributed by atoms with Gasteiger partial charge in [0.05, 0.1) is 12.7 Å². The van der Waals surface area contributed by atoms with Gasteiger partial charge >= 0.3 is 57.4 Å². The van der Waals surface area contributed by atoms with E-state index in [0.717, 1.165) is 0 Å². The number of hydrogen-bond donors (Lipinski definition) is 0. The van der Waals surface area contributed by atoms with Crippen molar-refractivity contribution >= 4 is 17.3 Å². The molecule has 0 heterocycles. The van der Waals surface area contributed by atoms with Gasteiger partial charge in [-0.2, -0.15) is 0 Å². The summed E-state index contributed by atoms with van der Waals surface area (Å²) in [6, 6.07) is 17.5. The van der Waals surface area contributed by atoms with Gasteiger partial charge in [0.25, 0.3) is 0 Å². The van der Waals surface area contributed by atoms with Crippen LogP contribution in [0, 0.1) is 0 Å². The van der Waals surface area contributed by atoms with Crippen LogP contribution in [0.2, 0.25) is 0 Å². The Labute approximate surface area is 160 Å². The zero-order valence-corrected chi connectivity index (χ0v) is 14.6. The molecule has 0 aliphatic rings. The predicted molar refractivity (Wildman–Crippen MR) is 71.7 cm³/mol. The third-order valence-corrected chi connectivity index (χ3v) is 2.72. The van der Waals surface area contributed by atoms with E-state index in [9.17, 15) is 9.90 Å². The minimum Gasteiger partial charge on any atom is -0.871 e. The van der Waals surface area contributed by atoms with Crippen LogP contribution < -0.4 is 56.5 Å². The van der Waals surface area contributed by atoms with Crippen molar-refractivity contribution in [3.05, 3.63) is 71.8 Å². The molecule has 0 bridgehead atoms. The Bertz CT molecular complexity index is 592. The fourth-order valence-electron chi connectivity index (χ4n) is 1.78. The van der Waals surface area contributed by atoms with Crippen LogP contribution in [0.15, 0.2) is 60.7 Å². The Kier molecular flexibility index (Phi) is 7.19. The van der Waals surface area contributed by atoms with Crippen molar-refractivity contribution in [1.29, 1.82) is 0 Å². The van der Waals surface area contributed by atoms with E-state index in [0.29, 0.717) is 11.1 Å². The number of carbonyl (C=O) groups is 1. The van der Waals surface area contributed by atoms with Gasteiger partial charge in [-0.05, 0) is 11.1 Å². The zero-order valence-electron chi connectivity index (χ0n) is 11.5. The molecule has 0 N–H and O–H groups in total. The molecule has 0 radical (unpaired) electrons. The van der Waals surface area contributed by atoms with Crippen LogP contribution in [0.5, 0.6) is 0 Å². The third kappa shape index (κ3) is 4.04. The summed E-state index contributed by atoms with van der Waals surface area (Å²) in [5.41, 5.74) is 1.07. The van der Waals surface area contributed by atoms with Crippen molar-refractivity contribution in [3.8, 4) is 0 Å². The zero-order chi connectivity index (χ0) is 13.7. The summed E-state index contributed by atoms with van der Waals surface area (Å²) >= 11 is 0. The molecule has 0 aliphatic carbocycles. The van der Waals surface area contributed by atoms with Gasteiger partial charge in [-0.1, -0.05) is 66.4 Å². The topological polar surface area (TPSA) is 49.4 Å². The number of methoxy groups -OCH3 is 1. The summed E-state index contributed by atoms with van der Waals surface area (Å²) in [7, 11) is 1.27. The fraction of sp³-hybridized carbons (Fsp3) is 0.0625. The molecule has 0 saturated carbocycles. The van der Waals surface area contributed by atoms with Gasteiger partial charge in [-0.15, -0.1) is 0 Å². The molecule has 2 aromatic rings. The fourth-order valence-corrected chi connectivity index (χ4v) is 1.78. The molecule has 0 aliphatic heterocycles. The molecule has 0 aromatic heterocycles. The van der Waals surface area contributed by atoms with Crippen LogP contribution in [0.3, 0.4) is 0 Å². The van der Waals surface area contributed by atoms with Crippen LogP contribution in [-0.4, -0.2) is 13.1 Å². The van der Waals surface area contributed by atoms with E-state index in [-0.39, 0.29) is 62.7 Å². The maximum atomic E-state index is 12.4. The first kappa shape index (κ1) is 17.1. The summed E-state index contributed by atoms with van der Waals surface area (Å²) in [6.45, 7) is 0. The van der Waals surface area contributed by atoms with Crippen LogP contribution in [0.1, 0.15) is 11.1 Å². The maximum Gasteiger partial charge on any atom is 1.00 e. The minimum absolute atomic E-state index is 0. The first-order chi connectivity index (χ1) is 9.24. The summed E-state index contributed by atoms with van der Waals surface area (Å²) in [4.78, 5) is 11.8. The molecule has 0 amide bonds. The summed E-state index contributed by atoms with van der Waals surface area (Å²) in [5.74, 6) is -0.960. The Hall–Kier alpha value is -0.914. The van der Waals surface area contributed by atoms with Gasteiger partial charge in [0, 0.05) is 0 Å². The van der Waals surface area contributed by atoms with Crippen molar-refractivity contribution in [2.24, 2.45) is 0 Å². The number of esters is 1. The smallest absolute Gasteiger partial charge is 0.871 e. The average Bonchev–Trinajstić information content (AvgIpc) is 2.49. The molecule has 0 unspecified atom stereocenters. The van der Waals surface area contributed by atoms with Crippen molar-refractivity contribution in [1.82, 2.24) is 0 Å². The Morgan fingerprint density at radius 2 is 1.35 bits per heavy atom. The normalized spacial score (nSPS) is 11.1. The molecule has 0 spiro atoms. The van der Waals surface area contributed by atoms with Gasteiger partial charge in [0.15, 0.2) is 0 Å². The largest absolute Gasteiger partial charge is 1.00 e. The van der Waals surface area contributed by atoms with Gasteiger partial charge in [-0.25, -0.2) is 4.79 Å². The van der Waals surface area contributed by atoms with Crippen LogP contribution >= 0.6 is 0 Å². The van der Waals surface area contributed by atoms with E-state index in [1.807, 2.05) is 12.1 Å². The molecule has 0 saturated heterocycles. The molecular formula is C16H13KO3. The van der Waals surface area contributed by atoms with Crippen LogP contribution in [0.25, 0.3) is 11.3 Å². The van der Waals surface area contributed by atoms with Crippen molar-refractivity contribution in [3.63, 3.8) is 0 Å². The quantitative estimate of drug-likeness (QED) is 0.242. The maximum absolute atomic E-state index is 12.4. The number of hydrogen-bond acceptors (Lipinski definition) is 3. The standard InChI is InChI=1S/C16H14O3.K/c1-19-16(18)14(12-8-4-2-5-9-12)15(17)13-10-6-3-7-11-13;/h2-11,17H,1H3;/q;+1/p-1/b15-14-;. The third-order valence-electron chi connectivity index (χ3n) is 2.72. The van der Waals surface area contributed by atoms with Crippen LogP contribution in [0.4, 0.5) is 0 Å². The molecule has 2 aromatic carbocycles. The van der Waals surface area contributed by atoms with E-state index in [1.165, 1.54) is 7.11 Å². The second kappa shape index (κ2) is 8.39. The van der Waals surface area contributed by atoms with Gasteiger partial charge in [0.1, 0.15) is 0 Å². The first-order valence-corrected chi connectivity index (χ1v) is 5.84. The number of carbonyl (C=O) groups excluding carboxylic acids is 1. The minimum atomic E-state index is -0.625. The SMILES string of the molecule is COC(=O)/C(=C(\[O-])c1ccccc1)c1ccccc1.[K+]. The molecule has 0 atom stereocenters. The monoisotopic (exact) mass is 292 g/mol. The summed E-state index contributed by atoms with van der Waals surface area (Å²) in [6.07, 6.45) is 0. The van der Waals surface area contributed by atoms with E-state index < -0.39 is 5.97 Å². The van der Waals surface area contributed by atoms with E-state index in [4.69, 9.17) is 4.74 Å². The van der Waals surface area contributed by atoms with E-state index in [1.54, 1.807) is 48.5 Å². The van der Waals surface area contributed by atoms with Crippen molar-refractivity contribution in [2.45, 2.75) is 0 Å². The van der Waals surface area contributed by atoms with Gasteiger partial charge in [-0.3, -0.25) is 0 Å². The first-order valence-electron chi connectivity index (χ1n) is 5.84. The molecule has 20 heavy (non-hydrogen) atoms. The van der Waals surface area contributed by atoms with E-state index in [2.05, 4.69) is 0 Å². The summed E-state index contributed by atoms with van der Waals surface area (Å²) < 4.78 is 4.71. The second-order valence-electron chi connectivity index (χ2n) is 3.93. The van der Waals surface area contributed by atoms with Gasteiger partial charge < -0.3 is 9.84 Å². The molecule has 2 rings (SSSR count). The molecule has 96 valence electrons. The Morgan fingerprint density at radius 1 is 0.900 bits per heavy atom. The average molecular weight is 292 g/mol. The van der Waals surface area contributed by atoms with Crippen LogP contribution in [-0.2, 0) is 9.53 Å². The van der Waals surface area contributed by atoms with Crippen molar-refractivity contribution in [2.75, 3.05) is 7.11 Å². The number of benzene rings is 2.